The van der Waals surface area contributed by atoms with Gasteiger partial charge in [-0.1, -0.05) is 42.5 Å². The zero-order valence-electron chi connectivity index (χ0n) is 15.6. The molecule has 4 rings (SSSR count). The molecule has 0 atom stereocenters. The zero-order chi connectivity index (χ0) is 20.1. The van der Waals surface area contributed by atoms with E-state index in [4.69, 9.17) is 0 Å². The molecule has 1 heterocycles. The Balaban J connectivity index is 1.41. The lowest BCUT2D eigenvalue weighted by molar-refractivity contribution is 0.0950. The number of carbonyl (C=O) groups excluding carboxylic acids is 2. The number of nitrogens with zero attached hydrogens (tertiary/aromatic N) is 1. The Hall–Kier alpha value is -3.99. The maximum absolute atomic E-state index is 12.5. The summed E-state index contributed by atoms with van der Waals surface area (Å²) in [5.41, 5.74) is 2.72. The summed E-state index contributed by atoms with van der Waals surface area (Å²) in [7, 11) is 0. The molecule has 5 nitrogen and oxygen atoms in total. The minimum Gasteiger partial charge on any atom is -0.348 e. The molecule has 3 aromatic carbocycles. The number of rotatable bonds is 5. The average Bonchev–Trinajstić information content (AvgIpc) is 2.78. The molecule has 0 spiro atoms. The molecule has 0 radical (unpaired) electrons. The summed E-state index contributed by atoms with van der Waals surface area (Å²) < 4.78 is 0. The van der Waals surface area contributed by atoms with Gasteiger partial charge in [0.05, 0.1) is 0 Å². The monoisotopic (exact) mass is 381 g/mol. The second-order valence-corrected chi connectivity index (χ2v) is 6.63. The van der Waals surface area contributed by atoms with Gasteiger partial charge in [0, 0.05) is 35.8 Å². The molecule has 0 aliphatic rings. The summed E-state index contributed by atoms with van der Waals surface area (Å²) in [5.74, 6) is -0.341. The van der Waals surface area contributed by atoms with Gasteiger partial charge in [0.1, 0.15) is 0 Å². The topological polar surface area (TPSA) is 71.1 Å². The maximum Gasteiger partial charge on any atom is 0.255 e. The number of aromatic nitrogens is 1. The second-order valence-electron chi connectivity index (χ2n) is 6.63. The van der Waals surface area contributed by atoms with Crippen LogP contribution in [-0.2, 0) is 6.54 Å². The number of pyridine rings is 1. The molecule has 0 fully saturated rings. The third-order valence-electron chi connectivity index (χ3n) is 4.59. The quantitative estimate of drug-likeness (QED) is 0.538. The Labute approximate surface area is 168 Å². The van der Waals surface area contributed by atoms with Gasteiger partial charge in [-0.05, 0) is 52.7 Å². The number of carbonyl (C=O) groups is 2. The van der Waals surface area contributed by atoms with Crippen molar-refractivity contribution < 1.29 is 9.59 Å². The van der Waals surface area contributed by atoms with E-state index in [0.29, 0.717) is 23.4 Å². The zero-order valence-corrected chi connectivity index (χ0v) is 15.6. The molecular formula is C24H19N3O2. The van der Waals surface area contributed by atoms with E-state index in [1.807, 2.05) is 66.7 Å². The van der Waals surface area contributed by atoms with Gasteiger partial charge in [0.2, 0.25) is 0 Å². The Morgan fingerprint density at radius 3 is 2.34 bits per heavy atom. The van der Waals surface area contributed by atoms with E-state index in [0.717, 1.165) is 16.3 Å². The van der Waals surface area contributed by atoms with Crippen molar-refractivity contribution in [1.82, 2.24) is 10.3 Å². The van der Waals surface area contributed by atoms with Crippen molar-refractivity contribution in [3.63, 3.8) is 0 Å². The van der Waals surface area contributed by atoms with E-state index in [1.54, 1.807) is 24.5 Å². The van der Waals surface area contributed by atoms with Crippen molar-refractivity contribution >= 4 is 28.3 Å². The van der Waals surface area contributed by atoms with E-state index in [-0.39, 0.29) is 11.8 Å². The van der Waals surface area contributed by atoms with Gasteiger partial charge in [0.25, 0.3) is 11.8 Å². The molecule has 0 aliphatic carbocycles. The predicted molar refractivity (Wildman–Crippen MR) is 114 cm³/mol. The average molecular weight is 381 g/mol. The van der Waals surface area contributed by atoms with E-state index in [2.05, 4.69) is 15.6 Å². The summed E-state index contributed by atoms with van der Waals surface area (Å²) in [6.07, 6.45) is 3.15. The lowest BCUT2D eigenvalue weighted by Gasteiger charge is -2.09. The lowest BCUT2D eigenvalue weighted by atomic mass is 10.1. The van der Waals surface area contributed by atoms with E-state index < -0.39 is 0 Å². The molecule has 0 unspecified atom stereocenters. The number of benzene rings is 3. The van der Waals surface area contributed by atoms with Gasteiger partial charge < -0.3 is 10.6 Å². The van der Waals surface area contributed by atoms with Crippen molar-refractivity contribution in [3.8, 4) is 0 Å². The van der Waals surface area contributed by atoms with Gasteiger partial charge in [-0.2, -0.15) is 0 Å². The fourth-order valence-electron chi connectivity index (χ4n) is 3.08. The Morgan fingerprint density at radius 1 is 0.724 bits per heavy atom. The normalized spacial score (nSPS) is 10.5. The minimum atomic E-state index is -0.204. The first-order chi connectivity index (χ1) is 14.2. The van der Waals surface area contributed by atoms with Crippen LogP contribution in [0, 0.1) is 0 Å². The molecule has 1 aromatic heterocycles. The maximum atomic E-state index is 12.5. The molecule has 5 heteroatoms. The highest BCUT2D eigenvalue weighted by Crippen LogP contribution is 2.16. The Bertz CT molecular complexity index is 1170. The molecule has 2 N–H and O–H groups in total. The first-order valence-corrected chi connectivity index (χ1v) is 9.26. The van der Waals surface area contributed by atoms with E-state index >= 15 is 0 Å². The fourth-order valence-corrected chi connectivity index (χ4v) is 3.08. The number of hydrogen-bond acceptors (Lipinski definition) is 3. The largest absolute Gasteiger partial charge is 0.348 e. The minimum absolute atomic E-state index is 0.137. The van der Waals surface area contributed by atoms with Crippen molar-refractivity contribution in [3.05, 3.63) is 108 Å². The third-order valence-corrected chi connectivity index (χ3v) is 4.59. The molecular weight excluding hydrogens is 362 g/mol. The van der Waals surface area contributed by atoms with Crippen LogP contribution in [0.1, 0.15) is 26.3 Å². The molecule has 142 valence electrons. The van der Waals surface area contributed by atoms with E-state index in [9.17, 15) is 9.59 Å². The first-order valence-electron chi connectivity index (χ1n) is 9.26. The Kier molecular flexibility index (Phi) is 5.29. The molecule has 29 heavy (non-hydrogen) atoms. The van der Waals surface area contributed by atoms with Gasteiger partial charge >= 0.3 is 0 Å². The number of anilines is 1. The molecule has 0 saturated carbocycles. The fraction of sp³-hybridized carbons (Fsp3) is 0.0417. The summed E-state index contributed by atoms with van der Waals surface area (Å²) in [4.78, 5) is 28.7. The van der Waals surface area contributed by atoms with E-state index in [1.165, 1.54) is 0 Å². The van der Waals surface area contributed by atoms with Crippen LogP contribution in [0.4, 0.5) is 5.69 Å². The second kappa shape index (κ2) is 8.35. The number of nitrogens with one attached hydrogen (secondary N) is 2. The van der Waals surface area contributed by atoms with Crippen LogP contribution in [0.15, 0.2) is 91.3 Å². The van der Waals surface area contributed by atoms with Crippen molar-refractivity contribution in [1.29, 1.82) is 0 Å². The van der Waals surface area contributed by atoms with Crippen LogP contribution in [0.3, 0.4) is 0 Å². The van der Waals surface area contributed by atoms with Gasteiger partial charge in [-0.15, -0.1) is 0 Å². The Morgan fingerprint density at radius 2 is 1.52 bits per heavy atom. The highest BCUT2D eigenvalue weighted by Gasteiger charge is 2.08. The highest BCUT2D eigenvalue weighted by atomic mass is 16.2. The van der Waals surface area contributed by atoms with Crippen LogP contribution in [0.2, 0.25) is 0 Å². The van der Waals surface area contributed by atoms with Crippen LogP contribution < -0.4 is 10.6 Å². The first kappa shape index (κ1) is 18.4. The summed E-state index contributed by atoms with van der Waals surface area (Å²) in [5, 5.41) is 7.92. The third kappa shape index (κ3) is 4.47. The van der Waals surface area contributed by atoms with Crippen LogP contribution in [-0.4, -0.2) is 16.8 Å². The van der Waals surface area contributed by atoms with Crippen LogP contribution >= 0.6 is 0 Å². The molecule has 0 bridgehead atoms. The summed E-state index contributed by atoms with van der Waals surface area (Å²) in [6.45, 7) is 0.366. The van der Waals surface area contributed by atoms with Crippen molar-refractivity contribution in [2.24, 2.45) is 0 Å². The van der Waals surface area contributed by atoms with Gasteiger partial charge in [0.15, 0.2) is 0 Å². The lowest BCUT2D eigenvalue weighted by Crippen LogP contribution is -2.22. The standard InChI is InChI=1S/C24H19N3O2/c28-23(21-9-8-18-5-1-2-6-20(18)15-21)26-16-17-4-3-7-22(14-17)27-24(29)19-10-12-25-13-11-19/h1-15H,16H2,(H,26,28)(H,27,29). The van der Waals surface area contributed by atoms with Gasteiger partial charge in [-0.25, -0.2) is 0 Å². The SMILES string of the molecule is O=C(NCc1cccc(NC(=O)c2ccncc2)c1)c1ccc2ccccc2c1. The van der Waals surface area contributed by atoms with Gasteiger partial charge in [-0.3, -0.25) is 14.6 Å². The smallest absolute Gasteiger partial charge is 0.255 e. The summed E-state index contributed by atoms with van der Waals surface area (Å²) >= 11 is 0. The molecule has 0 aliphatic heterocycles. The number of hydrogen-bond donors (Lipinski definition) is 2. The summed E-state index contributed by atoms with van der Waals surface area (Å²) in [6, 6.07) is 24.3. The van der Waals surface area contributed by atoms with Crippen molar-refractivity contribution in [2.45, 2.75) is 6.54 Å². The predicted octanol–water partition coefficient (Wildman–Crippen LogP) is 4.42. The molecule has 4 aromatic rings. The number of amides is 2. The van der Waals surface area contributed by atoms with Crippen molar-refractivity contribution in [2.75, 3.05) is 5.32 Å². The van der Waals surface area contributed by atoms with Crippen LogP contribution in [0.25, 0.3) is 10.8 Å². The molecule has 0 saturated heterocycles. The highest BCUT2D eigenvalue weighted by molar-refractivity contribution is 6.04. The van der Waals surface area contributed by atoms with Crippen LogP contribution in [0.5, 0.6) is 0 Å². The molecule has 2 amide bonds. The number of fused-ring (bicyclic) bond motifs is 1.